The Bertz CT molecular complexity index is 441. The van der Waals surface area contributed by atoms with Crippen molar-refractivity contribution in [1.82, 2.24) is 0 Å². The van der Waals surface area contributed by atoms with Crippen molar-refractivity contribution in [3.8, 4) is 0 Å². The van der Waals surface area contributed by atoms with Gasteiger partial charge in [-0.3, -0.25) is 4.57 Å². The topological polar surface area (TPSA) is 35.5 Å². The molecule has 0 aliphatic heterocycles. The molecule has 0 aromatic heterocycles. The normalized spacial score (nSPS) is 11.8. The first-order chi connectivity index (χ1) is 7.94. The van der Waals surface area contributed by atoms with Crippen LogP contribution in [0, 0.1) is 17.5 Å². The standard InChI is InChI=1S/C10H12F3O3P/c1-3-15-17(14,16-4-2)10-6-8(12)7(11)5-9(10)13/h5-6H,3-4H2,1-2H3. The van der Waals surface area contributed by atoms with Crippen molar-refractivity contribution in [2.24, 2.45) is 0 Å². The fraction of sp³-hybridized carbons (Fsp3) is 0.400. The smallest absolute Gasteiger partial charge is 0.305 e. The molecule has 96 valence electrons. The molecule has 0 spiro atoms. The molecule has 1 aromatic rings. The SMILES string of the molecule is CCOP(=O)(OCC)c1cc(F)c(F)cc1F. The van der Waals surface area contributed by atoms with E-state index in [1.807, 2.05) is 0 Å². The van der Waals surface area contributed by atoms with E-state index in [0.29, 0.717) is 12.1 Å². The van der Waals surface area contributed by atoms with Gasteiger partial charge in [0, 0.05) is 6.07 Å². The second-order valence-corrected chi connectivity index (χ2v) is 5.04. The summed E-state index contributed by atoms with van der Waals surface area (Å²) in [5.41, 5.74) is 0. The highest BCUT2D eigenvalue weighted by Crippen LogP contribution is 2.47. The third-order valence-corrected chi connectivity index (χ3v) is 4.01. The van der Waals surface area contributed by atoms with Crippen molar-refractivity contribution in [1.29, 1.82) is 0 Å². The Labute approximate surface area is 97.1 Å². The first-order valence-corrected chi connectivity index (χ1v) is 6.53. The van der Waals surface area contributed by atoms with Crippen molar-refractivity contribution in [3.05, 3.63) is 29.6 Å². The maximum atomic E-state index is 13.4. The highest BCUT2D eigenvalue weighted by atomic mass is 31.2. The number of hydrogen-bond donors (Lipinski definition) is 0. The van der Waals surface area contributed by atoms with Gasteiger partial charge in [-0.05, 0) is 19.9 Å². The third-order valence-electron chi connectivity index (χ3n) is 1.88. The Morgan fingerprint density at radius 2 is 1.47 bits per heavy atom. The van der Waals surface area contributed by atoms with Crippen molar-refractivity contribution < 1.29 is 26.8 Å². The summed E-state index contributed by atoms with van der Waals surface area (Å²) < 4.78 is 61.0. The van der Waals surface area contributed by atoms with Crippen LogP contribution in [0.5, 0.6) is 0 Å². The molecule has 0 heterocycles. The summed E-state index contributed by atoms with van der Waals surface area (Å²) in [5.74, 6) is -3.82. The van der Waals surface area contributed by atoms with Crippen molar-refractivity contribution in [3.63, 3.8) is 0 Å². The van der Waals surface area contributed by atoms with Crippen LogP contribution < -0.4 is 5.30 Å². The Hall–Kier alpha value is -0.840. The quantitative estimate of drug-likeness (QED) is 0.608. The minimum Gasteiger partial charge on any atom is -0.305 e. The zero-order valence-corrected chi connectivity index (χ0v) is 10.3. The van der Waals surface area contributed by atoms with Crippen molar-refractivity contribution in [2.45, 2.75) is 13.8 Å². The predicted octanol–water partition coefficient (Wildman–Crippen LogP) is 3.00. The molecule has 3 nitrogen and oxygen atoms in total. The van der Waals surface area contributed by atoms with Crippen LogP contribution in [0.1, 0.15) is 13.8 Å². The lowest BCUT2D eigenvalue weighted by Gasteiger charge is -2.17. The van der Waals surface area contributed by atoms with Crippen LogP contribution in [0.15, 0.2) is 12.1 Å². The zero-order valence-electron chi connectivity index (χ0n) is 9.37. The van der Waals surface area contributed by atoms with Crippen molar-refractivity contribution in [2.75, 3.05) is 13.2 Å². The third kappa shape index (κ3) is 3.09. The van der Waals surface area contributed by atoms with Crippen LogP contribution in [0.2, 0.25) is 0 Å². The van der Waals surface area contributed by atoms with Crippen LogP contribution >= 0.6 is 7.60 Å². The maximum absolute atomic E-state index is 13.4. The Kier molecular flexibility index (Phi) is 4.74. The minimum atomic E-state index is -3.94. The van der Waals surface area contributed by atoms with Gasteiger partial charge in [-0.25, -0.2) is 13.2 Å². The highest BCUT2D eigenvalue weighted by Gasteiger charge is 2.31. The average molecular weight is 268 g/mol. The van der Waals surface area contributed by atoms with E-state index in [1.165, 1.54) is 13.8 Å². The summed E-state index contributed by atoms with van der Waals surface area (Å²) in [6.07, 6.45) is 0. The highest BCUT2D eigenvalue weighted by molar-refractivity contribution is 7.62. The monoisotopic (exact) mass is 268 g/mol. The lowest BCUT2D eigenvalue weighted by molar-refractivity contribution is 0.229. The zero-order chi connectivity index (χ0) is 13.1. The second-order valence-electron chi connectivity index (χ2n) is 3.05. The molecule has 0 unspecified atom stereocenters. The lowest BCUT2D eigenvalue weighted by atomic mass is 10.3. The summed E-state index contributed by atoms with van der Waals surface area (Å²) in [6.45, 7) is 3.05. The molecule has 0 atom stereocenters. The fourth-order valence-corrected chi connectivity index (χ4v) is 2.87. The molecular formula is C10H12F3O3P. The summed E-state index contributed by atoms with van der Waals surface area (Å²) in [4.78, 5) is 0. The lowest BCUT2D eigenvalue weighted by Crippen LogP contribution is -2.16. The summed E-state index contributed by atoms with van der Waals surface area (Å²) in [5, 5.41) is -0.597. The Morgan fingerprint density at radius 3 is 1.94 bits per heavy atom. The Balaban J connectivity index is 3.28. The number of benzene rings is 1. The maximum Gasteiger partial charge on any atom is 0.364 e. The van der Waals surface area contributed by atoms with E-state index in [0.717, 1.165) is 0 Å². The molecule has 0 aliphatic carbocycles. The molecule has 0 N–H and O–H groups in total. The van der Waals surface area contributed by atoms with Crippen LogP contribution in [0.3, 0.4) is 0 Å². The molecule has 0 fully saturated rings. The molecule has 0 saturated heterocycles. The first kappa shape index (κ1) is 14.2. The van der Waals surface area contributed by atoms with Crippen LogP contribution in [-0.4, -0.2) is 13.2 Å². The van der Waals surface area contributed by atoms with Crippen LogP contribution in [-0.2, 0) is 13.6 Å². The van der Waals surface area contributed by atoms with E-state index in [4.69, 9.17) is 9.05 Å². The van der Waals surface area contributed by atoms with Gasteiger partial charge in [0.1, 0.15) is 11.1 Å². The number of halogens is 3. The van der Waals surface area contributed by atoms with Crippen LogP contribution in [0.4, 0.5) is 13.2 Å². The minimum absolute atomic E-state index is 0.00425. The fourth-order valence-electron chi connectivity index (χ4n) is 1.24. The van der Waals surface area contributed by atoms with E-state index in [-0.39, 0.29) is 13.2 Å². The van der Waals surface area contributed by atoms with Gasteiger partial charge in [0.2, 0.25) is 0 Å². The number of hydrogen-bond acceptors (Lipinski definition) is 3. The van der Waals surface area contributed by atoms with Gasteiger partial charge in [-0.1, -0.05) is 0 Å². The van der Waals surface area contributed by atoms with E-state index in [1.54, 1.807) is 0 Å². The largest absolute Gasteiger partial charge is 0.364 e. The first-order valence-electron chi connectivity index (χ1n) is 4.98. The van der Waals surface area contributed by atoms with Gasteiger partial charge in [-0.2, -0.15) is 0 Å². The van der Waals surface area contributed by atoms with E-state index >= 15 is 0 Å². The molecule has 0 saturated carbocycles. The van der Waals surface area contributed by atoms with E-state index in [9.17, 15) is 17.7 Å². The molecule has 1 rings (SSSR count). The van der Waals surface area contributed by atoms with Crippen molar-refractivity contribution >= 4 is 12.9 Å². The molecule has 0 radical (unpaired) electrons. The molecular weight excluding hydrogens is 256 g/mol. The molecule has 17 heavy (non-hydrogen) atoms. The van der Waals surface area contributed by atoms with E-state index < -0.39 is 30.4 Å². The van der Waals surface area contributed by atoms with E-state index in [2.05, 4.69) is 0 Å². The van der Waals surface area contributed by atoms with Gasteiger partial charge < -0.3 is 9.05 Å². The summed E-state index contributed by atoms with van der Waals surface area (Å²) in [7, 11) is -3.94. The second kappa shape index (κ2) is 5.67. The molecule has 0 bridgehead atoms. The summed E-state index contributed by atoms with van der Waals surface area (Å²) >= 11 is 0. The summed E-state index contributed by atoms with van der Waals surface area (Å²) in [6, 6.07) is 0.812. The van der Waals surface area contributed by atoms with Gasteiger partial charge in [0.05, 0.1) is 13.2 Å². The van der Waals surface area contributed by atoms with Gasteiger partial charge in [0.15, 0.2) is 11.6 Å². The molecule has 0 amide bonds. The molecule has 7 heteroatoms. The predicted molar refractivity (Wildman–Crippen MR) is 56.8 cm³/mol. The van der Waals surface area contributed by atoms with Gasteiger partial charge >= 0.3 is 7.60 Å². The molecule has 1 aromatic carbocycles. The van der Waals surface area contributed by atoms with Gasteiger partial charge in [-0.15, -0.1) is 0 Å². The van der Waals surface area contributed by atoms with Crippen LogP contribution in [0.25, 0.3) is 0 Å². The molecule has 0 aliphatic rings. The Morgan fingerprint density at radius 1 is 1.00 bits per heavy atom. The van der Waals surface area contributed by atoms with Gasteiger partial charge in [0.25, 0.3) is 0 Å². The average Bonchev–Trinajstić information content (AvgIpc) is 2.24. The number of rotatable bonds is 5.